The lowest BCUT2D eigenvalue weighted by Crippen LogP contribution is -2.33. The predicted molar refractivity (Wildman–Crippen MR) is 113 cm³/mol. The Morgan fingerprint density at radius 3 is 2.79 bits per heavy atom. The Morgan fingerprint density at radius 2 is 2.10 bits per heavy atom. The van der Waals surface area contributed by atoms with Crippen molar-refractivity contribution in [2.75, 3.05) is 6.54 Å². The lowest BCUT2D eigenvalue weighted by molar-refractivity contribution is 0.0729. The second kappa shape index (κ2) is 9.35. The normalized spacial score (nSPS) is 11.4. The summed E-state index contributed by atoms with van der Waals surface area (Å²) in [7, 11) is 0. The Labute approximate surface area is 175 Å². The summed E-state index contributed by atoms with van der Waals surface area (Å²) in [5.74, 6) is 0.521. The topological polar surface area (TPSA) is 51.0 Å². The number of aromatic nitrogens is 3. The molecule has 0 bridgehead atoms. The van der Waals surface area contributed by atoms with E-state index in [0.717, 1.165) is 36.4 Å². The van der Waals surface area contributed by atoms with Crippen LogP contribution < -0.4 is 0 Å². The highest BCUT2D eigenvalue weighted by atomic mass is 35.5. The van der Waals surface area contributed by atoms with E-state index in [1.54, 1.807) is 11.1 Å². The summed E-state index contributed by atoms with van der Waals surface area (Å²) in [6.45, 7) is 8.05. The van der Waals surface area contributed by atoms with Crippen LogP contribution in [0.1, 0.15) is 49.8 Å². The smallest absolute Gasteiger partial charge is 0.254 e. The van der Waals surface area contributed by atoms with Gasteiger partial charge in [-0.3, -0.25) is 4.79 Å². The molecule has 0 aliphatic heterocycles. The van der Waals surface area contributed by atoms with E-state index in [1.165, 1.54) is 18.2 Å². The lowest BCUT2D eigenvalue weighted by Gasteiger charge is -2.24. The van der Waals surface area contributed by atoms with Gasteiger partial charge in [-0.15, -0.1) is 0 Å². The highest BCUT2D eigenvalue weighted by Gasteiger charge is 2.21. The van der Waals surface area contributed by atoms with Gasteiger partial charge < -0.3 is 9.47 Å². The number of rotatable bonds is 8. The summed E-state index contributed by atoms with van der Waals surface area (Å²) in [5.41, 5.74) is 2.01. The Kier molecular flexibility index (Phi) is 6.85. The Balaban J connectivity index is 1.95. The van der Waals surface area contributed by atoms with Gasteiger partial charge in [-0.1, -0.05) is 32.4 Å². The number of pyridine rings is 1. The molecule has 0 atom stereocenters. The molecule has 0 fully saturated rings. The molecule has 0 radical (unpaired) electrons. The summed E-state index contributed by atoms with van der Waals surface area (Å²) in [5, 5.41) is -0.0536. The van der Waals surface area contributed by atoms with Crippen LogP contribution in [0.4, 0.5) is 4.39 Å². The molecule has 5 nitrogen and oxygen atoms in total. The molecule has 7 heteroatoms. The first-order valence-electron chi connectivity index (χ1n) is 9.95. The van der Waals surface area contributed by atoms with E-state index in [1.807, 2.05) is 12.1 Å². The van der Waals surface area contributed by atoms with Gasteiger partial charge in [-0.25, -0.2) is 14.4 Å². The zero-order chi connectivity index (χ0) is 21.0. The number of carbonyl (C=O) groups excluding carboxylic acids is 1. The van der Waals surface area contributed by atoms with Gasteiger partial charge in [0.1, 0.15) is 17.2 Å². The third-order valence-electron chi connectivity index (χ3n) is 4.79. The SMILES string of the molecule is CCCn1c(CN(CCC(C)C)C(=O)c2ccc(F)c(Cl)c2)nc2cccnc21. The van der Waals surface area contributed by atoms with Crippen molar-refractivity contribution in [2.24, 2.45) is 5.92 Å². The third kappa shape index (κ3) is 4.93. The molecule has 29 heavy (non-hydrogen) atoms. The zero-order valence-electron chi connectivity index (χ0n) is 17.0. The van der Waals surface area contributed by atoms with E-state index in [-0.39, 0.29) is 10.9 Å². The number of fused-ring (bicyclic) bond motifs is 1. The van der Waals surface area contributed by atoms with Crippen LogP contribution in [0.3, 0.4) is 0 Å². The summed E-state index contributed by atoms with van der Waals surface area (Å²) >= 11 is 5.90. The van der Waals surface area contributed by atoms with Crippen LogP contribution in [0.2, 0.25) is 5.02 Å². The van der Waals surface area contributed by atoms with E-state index in [9.17, 15) is 9.18 Å². The van der Waals surface area contributed by atoms with E-state index >= 15 is 0 Å². The van der Waals surface area contributed by atoms with E-state index < -0.39 is 5.82 Å². The van der Waals surface area contributed by atoms with Gasteiger partial charge in [-0.2, -0.15) is 0 Å². The van der Waals surface area contributed by atoms with Crippen molar-refractivity contribution in [3.8, 4) is 0 Å². The second-order valence-electron chi connectivity index (χ2n) is 7.56. The van der Waals surface area contributed by atoms with Crippen molar-refractivity contribution in [2.45, 2.75) is 46.7 Å². The molecular formula is C22H26ClFN4O. The van der Waals surface area contributed by atoms with Gasteiger partial charge in [0.05, 0.1) is 11.6 Å². The van der Waals surface area contributed by atoms with Crippen molar-refractivity contribution < 1.29 is 9.18 Å². The first kappa shape index (κ1) is 21.2. The molecule has 0 unspecified atom stereocenters. The minimum Gasteiger partial charge on any atom is -0.331 e. The fourth-order valence-corrected chi connectivity index (χ4v) is 3.41. The predicted octanol–water partition coefficient (Wildman–Crippen LogP) is 5.32. The van der Waals surface area contributed by atoms with Crippen LogP contribution in [0.5, 0.6) is 0 Å². The van der Waals surface area contributed by atoms with Gasteiger partial charge >= 0.3 is 0 Å². The average Bonchev–Trinajstić information content (AvgIpc) is 3.04. The molecule has 0 N–H and O–H groups in total. The Bertz CT molecular complexity index is 1000. The molecule has 3 rings (SSSR count). The standard InChI is InChI=1S/C22H26ClFN4O/c1-4-11-28-20(26-19-6-5-10-25-21(19)28)14-27(12-9-15(2)3)22(29)16-7-8-18(24)17(23)13-16/h5-8,10,13,15H,4,9,11-12,14H2,1-3H3. The monoisotopic (exact) mass is 416 g/mol. The third-order valence-corrected chi connectivity index (χ3v) is 5.08. The molecule has 0 saturated heterocycles. The molecule has 1 amide bonds. The highest BCUT2D eigenvalue weighted by Crippen LogP contribution is 2.21. The summed E-state index contributed by atoms with van der Waals surface area (Å²) < 4.78 is 15.6. The number of hydrogen-bond acceptors (Lipinski definition) is 3. The molecular weight excluding hydrogens is 391 g/mol. The number of hydrogen-bond donors (Lipinski definition) is 0. The quantitative estimate of drug-likeness (QED) is 0.499. The highest BCUT2D eigenvalue weighted by molar-refractivity contribution is 6.31. The van der Waals surface area contributed by atoms with Crippen LogP contribution in [-0.4, -0.2) is 31.9 Å². The second-order valence-corrected chi connectivity index (χ2v) is 7.97. The number of carbonyl (C=O) groups is 1. The van der Waals surface area contributed by atoms with Crippen LogP contribution in [-0.2, 0) is 13.1 Å². The van der Waals surface area contributed by atoms with Crippen LogP contribution in [0.25, 0.3) is 11.2 Å². The molecule has 154 valence electrons. The van der Waals surface area contributed by atoms with Crippen molar-refractivity contribution in [3.63, 3.8) is 0 Å². The fourth-order valence-electron chi connectivity index (χ4n) is 3.23. The van der Waals surface area contributed by atoms with Crippen molar-refractivity contribution in [1.29, 1.82) is 0 Å². The number of imidazole rings is 1. The number of nitrogens with zero attached hydrogens (tertiary/aromatic N) is 4. The minimum atomic E-state index is -0.534. The average molecular weight is 417 g/mol. The molecule has 0 spiro atoms. The molecule has 0 saturated carbocycles. The van der Waals surface area contributed by atoms with Gasteiger partial charge in [0.25, 0.3) is 5.91 Å². The molecule has 2 heterocycles. The van der Waals surface area contributed by atoms with Crippen LogP contribution in [0.15, 0.2) is 36.5 Å². The van der Waals surface area contributed by atoms with Gasteiger partial charge in [-0.05, 0) is 49.1 Å². The molecule has 1 aromatic carbocycles. The zero-order valence-corrected chi connectivity index (χ0v) is 17.8. The van der Waals surface area contributed by atoms with E-state index in [4.69, 9.17) is 16.6 Å². The maximum absolute atomic E-state index is 13.5. The van der Waals surface area contributed by atoms with Gasteiger partial charge in [0.2, 0.25) is 0 Å². The molecule has 0 aliphatic carbocycles. The Morgan fingerprint density at radius 1 is 1.31 bits per heavy atom. The van der Waals surface area contributed by atoms with Crippen LogP contribution in [0, 0.1) is 11.7 Å². The van der Waals surface area contributed by atoms with E-state index in [2.05, 4.69) is 30.3 Å². The molecule has 3 aromatic rings. The molecule has 2 aromatic heterocycles. The lowest BCUT2D eigenvalue weighted by atomic mass is 10.1. The summed E-state index contributed by atoms with van der Waals surface area (Å²) in [6.07, 6.45) is 3.54. The first-order chi connectivity index (χ1) is 13.9. The number of aryl methyl sites for hydroxylation is 1. The van der Waals surface area contributed by atoms with E-state index in [0.29, 0.717) is 24.6 Å². The Hall–Kier alpha value is -2.47. The summed E-state index contributed by atoms with van der Waals surface area (Å²) in [6, 6.07) is 7.88. The molecule has 0 aliphatic rings. The largest absolute Gasteiger partial charge is 0.331 e. The van der Waals surface area contributed by atoms with Gasteiger partial charge in [0, 0.05) is 24.8 Å². The van der Waals surface area contributed by atoms with Crippen molar-refractivity contribution in [3.05, 3.63) is 58.8 Å². The fraction of sp³-hybridized carbons (Fsp3) is 0.409. The number of amides is 1. The number of benzene rings is 1. The maximum Gasteiger partial charge on any atom is 0.254 e. The van der Waals surface area contributed by atoms with Gasteiger partial charge in [0.15, 0.2) is 5.65 Å². The first-order valence-corrected chi connectivity index (χ1v) is 10.3. The summed E-state index contributed by atoms with van der Waals surface area (Å²) in [4.78, 5) is 24.2. The van der Waals surface area contributed by atoms with Crippen LogP contribution >= 0.6 is 11.6 Å². The van der Waals surface area contributed by atoms with Crippen molar-refractivity contribution >= 4 is 28.7 Å². The minimum absolute atomic E-state index is 0.0536. The van der Waals surface area contributed by atoms with Crippen molar-refractivity contribution in [1.82, 2.24) is 19.4 Å². The maximum atomic E-state index is 13.5. The number of halogens is 2.